The van der Waals surface area contributed by atoms with Gasteiger partial charge in [-0.2, -0.15) is 0 Å². The van der Waals surface area contributed by atoms with Crippen molar-refractivity contribution in [2.24, 2.45) is 15.4 Å². The zero-order valence-electron chi connectivity index (χ0n) is 15.0. The maximum Gasteiger partial charge on any atom is 0.376 e. The molecule has 0 radical (unpaired) electrons. The van der Waals surface area contributed by atoms with E-state index in [4.69, 9.17) is 14.2 Å². The second-order valence-corrected chi connectivity index (χ2v) is 6.61. The van der Waals surface area contributed by atoms with Gasteiger partial charge in [-0.25, -0.2) is 14.8 Å². The minimum absolute atomic E-state index is 0.0597. The summed E-state index contributed by atoms with van der Waals surface area (Å²) in [5, 5.41) is 0. The maximum absolute atomic E-state index is 12.4. The van der Waals surface area contributed by atoms with Gasteiger partial charge in [0.2, 0.25) is 5.84 Å². The summed E-state index contributed by atoms with van der Waals surface area (Å²) in [6, 6.07) is 0. The van der Waals surface area contributed by atoms with Crippen molar-refractivity contribution in [1.82, 2.24) is 0 Å². The fraction of sp³-hybridized carbons (Fsp3) is 0.588. The molecule has 1 aliphatic carbocycles. The van der Waals surface area contributed by atoms with Crippen LogP contribution in [0.1, 0.15) is 41.0 Å². The van der Waals surface area contributed by atoms with Gasteiger partial charge in [0.1, 0.15) is 5.60 Å². The Bertz CT molecular complexity index is 678. The largest absolute Gasteiger partial charge is 0.465 e. The summed E-state index contributed by atoms with van der Waals surface area (Å²) < 4.78 is 15.3. The van der Waals surface area contributed by atoms with E-state index in [0.29, 0.717) is 11.4 Å². The van der Waals surface area contributed by atoms with Gasteiger partial charge in [0.15, 0.2) is 5.41 Å². The molecule has 0 saturated carbocycles. The number of ether oxygens (including phenoxy) is 3. The van der Waals surface area contributed by atoms with Crippen molar-refractivity contribution in [3.8, 4) is 0 Å². The number of hydrogen-bond acceptors (Lipinski definition) is 8. The number of rotatable bonds is 5. The molecule has 0 atom stereocenters. The standard InChI is InChI=1S/C17H22N2O6/c1-6-23-14(21)17(15(22)24-7-2)8-10-11(9-17)19-12(18-10)13(20)25-16(3,4)5/h8H,6-7,9H2,1-5H3. The molecular weight excluding hydrogens is 328 g/mol. The van der Waals surface area contributed by atoms with Crippen molar-refractivity contribution < 1.29 is 28.6 Å². The van der Waals surface area contributed by atoms with E-state index in [2.05, 4.69) is 9.98 Å². The molecule has 0 amide bonds. The summed E-state index contributed by atoms with van der Waals surface area (Å²) in [4.78, 5) is 45.0. The van der Waals surface area contributed by atoms with E-state index in [0.717, 1.165) is 0 Å². The summed E-state index contributed by atoms with van der Waals surface area (Å²) >= 11 is 0. The lowest BCUT2D eigenvalue weighted by molar-refractivity contribution is -0.167. The Hall–Kier alpha value is -2.51. The third kappa shape index (κ3) is 3.78. The highest BCUT2D eigenvalue weighted by Gasteiger charge is 2.53. The molecule has 1 aliphatic heterocycles. The van der Waals surface area contributed by atoms with Crippen LogP contribution in [0.2, 0.25) is 0 Å². The first-order valence-corrected chi connectivity index (χ1v) is 8.10. The molecule has 136 valence electrons. The van der Waals surface area contributed by atoms with E-state index in [1.807, 2.05) is 0 Å². The van der Waals surface area contributed by atoms with Gasteiger partial charge in [0.25, 0.3) is 0 Å². The second-order valence-electron chi connectivity index (χ2n) is 6.61. The van der Waals surface area contributed by atoms with Crippen molar-refractivity contribution in [1.29, 1.82) is 0 Å². The first-order chi connectivity index (χ1) is 11.6. The fourth-order valence-electron chi connectivity index (χ4n) is 2.46. The van der Waals surface area contributed by atoms with Crippen molar-refractivity contribution >= 4 is 29.5 Å². The number of carbonyl (C=O) groups excluding carboxylic acids is 3. The minimum Gasteiger partial charge on any atom is -0.465 e. The van der Waals surface area contributed by atoms with Crippen molar-refractivity contribution in [3.05, 3.63) is 11.8 Å². The summed E-state index contributed by atoms with van der Waals surface area (Å²) in [5.41, 5.74) is -1.63. The van der Waals surface area contributed by atoms with Crippen molar-refractivity contribution in [3.63, 3.8) is 0 Å². The Labute approximate surface area is 145 Å². The Morgan fingerprint density at radius 1 is 1.08 bits per heavy atom. The Kier molecular flexibility index (Phi) is 5.10. The molecule has 0 fully saturated rings. The predicted octanol–water partition coefficient (Wildman–Crippen LogP) is 1.58. The quantitative estimate of drug-likeness (QED) is 0.424. The molecule has 0 bridgehead atoms. The van der Waals surface area contributed by atoms with Crippen LogP contribution in [0.4, 0.5) is 0 Å². The highest BCUT2D eigenvalue weighted by Crippen LogP contribution is 2.39. The molecule has 1 heterocycles. The lowest BCUT2D eigenvalue weighted by Crippen LogP contribution is -2.40. The first kappa shape index (κ1) is 18.8. The van der Waals surface area contributed by atoms with E-state index in [1.165, 1.54) is 6.08 Å². The summed E-state index contributed by atoms with van der Waals surface area (Å²) in [5.74, 6) is -2.19. The predicted molar refractivity (Wildman–Crippen MR) is 89.1 cm³/mol. The van der Waals surface area contributed by atoms with E-state index in [1.54, 1.807) is 34.6 Å². The van der Waals surface area contributed by atoms with Crippen molar-refractivity contribution in [2.45, 2.75) is 46.6 Å². The number of hydrogen-bond donors (Lipinski definition) is 0. The number of fused-ring (bicyclic) bond motifs is 1. The molecule has 0 N–H and O–H groups in total. The Morgan fingerprint density at radius 2 is 1.64 bits per heavy atom. The first-order valence-electron chi connectivity index (χ1n) is 8.10. The van der Waals surface area contributed by atoms with Gasteiger partial charge < -0.3 is 14.2 Å². The van der Waals surface area contributed by atoms with Gasteiger partial charge in [-0.05, 0) is 40.7 Å². The SMILES string of the molecule is CCOC(=O)C1(C(=O)OCC)C=C2N=C(C(=O)OC(C)(C)C)N=C2C1. The highest BCUT2D eigenvalue weighted by molar-refractivity contribution is 6.41. The van der Waals surface area contributed by atoms with Crippen LogP contribution in [0.5, 0.6) is 0 Å². The molecule has 0 aromatic carbocycles. The molecule has 2 aliphatic rings. The van der Waals surface area contributed by atoms with Gasteiger partial charge in [-0.15, -0.1) is 0 Å². The van der Waals surface area contributed by atoms with Crippen LogP contribution >= 0.6 is 0 Å². The zero-order chi connectivity index (χ0) is 18.8. The maximum atomic E-state index is 12.4. The van der Waals surface area contributed by atoms with Gasteiger partial charge in [0, 0.05) is 6.42 Å². The van der Waals surface area contributed by atoms with Crippen LogP contribution in [0.15, 0.2) is 21.8 Å². The average Bonchev–Trinajstić information content (AvgIpc) is 3.02. The molecule has 0 saturated heterocycles. The van der Waals surface area contributed by atoms with Crippen LogP contribution in [-0.4, -0.2) is 48.3 Å². The fourth-order valence-corrected chi connectivity index (χ4v) is 2.46. The number of amidine groups is 1. The number of nitrogens with zero attached hydrogens (tertiary/aromatic N) is 2. The van der Waals surface area contributed by atoms with Crippen LogP contribution in [-0.2, 0) is 28.6 Å². The van der Waals surface area contributed by atoms with E-state index < -0.39 is 28.9 Å². The second kappa shape index (κ2) is 6.78. The van der Waals surface area contributed by atoms with Crippen molar-refractivity contribution in [2.75, 3.05) is 13.2 Å². The van der Waals surface area contributed by atoms with Gasteiger partial charge in [0.05, 0.1) is 24.6 Å². The lowest BCUT2D eigenvalue weighted by Gasteiger charge is -2.22. The average molecular weight is 350 g/mol. The van der Waals surface area contributed by atoms with E-state index in [9.17, 15) is 14.4 Å². The Balaban J connectivity index is 2.31. The van der Waals surface area contributed by atoms with Crippen LogP contribution in [0.3, 0.4) is 0 Å². The van der Waals surface area contributed by atoms with E-state index >= 15 is 0 Å². The topological polar surface area (TPSA) is 104 Å². The number of esters is 3. The number of aliphatic imine (C=N–C) groups is 2. The summed E-state index contributed by atoms with van der Waals surface area (Å²) in [6.07, 6.45) is 1.30. The minimum atomic E-state index is -1.61. The molecule has 8 nitrogen and oxygen atoms in total. The molecule has 0 unspecified atom stereocenters. The summed E-state index contributed by atoms with van der Waals surface area (Å²) in [7, 11) is 0. The molecule has 25 heavy (non-hydrogen) atoms. The van der Waals surface area contributed by atoms with Gasteiger partial charge in [-0.1, -0.05) is 0 Å². The van der Waals surface area contributed by atoms with E-state index in [-0.39, 0.29) is 25.5 Å². The molecule has 0 aromatic rings. The monoisotopic (exact) mass is 350 g/mol. The third-order valence-electron chi connectivity index (χ3n) is 3.45. The molecule has 8 heteroatoms. The third-order valence-corrected chi connectivity index (χ3v) is 3.45. The van der Waals surface area contributed by atoms with Gasteiger partial charge in [-0.3, -0.25) is 9.59 Å². The number of carbonyl (C=O) groups is 3. The molecular formula is C17H22N2O6. The number of allylic oxidation sites excluding steroid dienone is 1. The molecule has 0 spiro atoms. The molecule has 2 rings (SSSR count). The lowest BCUT2D eigenvalue weighted by atomic mass is 9.87. The summed E-state index contributed by atoms with van der Waals surface area (Å²) in [6.45, 7) is 8.76. The molecule has 0 aromatic heterocycles. The smallest absolute Gasteiger partial charge is 0.376 e. The normalized spacial score (nSPS) is 17.9. The van der Waals surface area contributed by atoms with Crippen LogP contribution in [0, 0.1) is 5.41 Å². The van der Waals surface area contributed by atoms with Gasteiger partial charge >= 0.3 is 17.9 Å². The highest BCUT2D eigenvalue weighted by atomic mass is 16.6. The van der Waals surface area contributed by atoms with Crippen LogP contribution in [0.25, 0.3) is 0 Å². The van der Waals surface area contributed by atoms with Crippen LogP contribution < -0.4 is 0 Å². The Morgan fingerprint density at radius 3 is 2.08 bits per heavy atom. The zero-order valence-corrected chi connectivity index (χ0v) is 15.0.